The molecular weight excluding hydrogens is 375 g/mol. The molecule has 1 aromatic heterocycles. The summed E-state index contributed by atoms with van der Waals surface area (Å²) in [5, 5.41) is 15.2. The SMILES string of the molecule is O=C(NCc1nc(-c2ccc(F)cc2)n[nH]1)C(=O)Nc1cccc2c1CCNC2. The van der Waals surface area contributed by atoms with Crippen molar-refractivity contribution in [3.8, 4) is 11.4 Å². The molecule has 0 atom stereocenters. The topological polar surface area (TPSA) is 112 Å². The number of rotatable bonds is 4. The van der Waals surface area contributed by atoms with Crippen molar-refractivity contribution in [2.75, 3.05) is 11.9 Å². The maximum Gasteiger partial charge on any atom is 0.313 e. The second kappa shape index (κ2) is 8.19. The third-order valence-corrected chi connectivity index (χ3v) is 4.65. The van der Waals surface area contributed by atoms with E-state index in [0.717, 1.165) is 30.6 Å². The van der Waals surface area contributed by atoms with Gasteiger partial charge in [0.05, 0.1) is 6.54 Å². The maximum atomic E-state index is 13.0. The van der Waals surface area contributed by atoms with Gasteiger partial charge in [-0.1, -0.05) is 12.1 Å². The number of nitrogens with zero attached hydrogens (tertiary/aromatic N) is 2. The Bertz CT molecular complexity index is 1050. The van der Waals surface area contributed by atoms with Gasteiger partial charge in [0.25, 0.3) is 0 Å². The Balaban J connectivity index is 1.35. The molecule has 0 unspecified atom stereocenters. The fourth-order valence-electron chi connectivity index (χ4n) is 3.17. The van der Waals surface area contributed by atoms with Gasteiger partial charge < -0.3 is 16.0 Å². The first-order valence-corrected chi connectivity index (χ1v) is 9.18. The summed E-state index contributed by atoms with van der Waals surface area (Å²) in [4.78, 5) is 28.7. The normalized spacial score (nSPS) is 12.9. The van der Waals surface area contributed by atoms with Gasteiger partial charge >= 0.3 is 11.8 Å². The Morgan fingerprint density at radius 3 is 2.76 bits per heavy atom. The lowest BCUT2D eigenvalue weighted by molar-refractivity contribution is -0.136. The highest BCUT2D eigenvalue weighted by molar-refractivity contribution is 6.39. The van der Waals surface area contributed by atoms with E-state index in [1.54, 1.807) is 18.2 Å². The van der Waals surface area contributed by atoms with Gasteiger partial charge in [-0.05, 0) is 54.4 Å². The van der Waals surface area contributed by atoms with Crippen molar-refractivity contribution in [1.82, 2.24) is 25.8 Å². The summed E-state index contributed by atoms with van der Waals surface area (Å²) in [5.41, 5.74) is 3.46. The summed E-state index contributed by atoms with van der Waals surface area (Å²) in [7, 11) is 0. The molecule has 4 rings (SSSR count). The number of benzene rings is 2. The van der Waals surface area contributed by atoms with E-state index in [1.165, 1.54) is 12.1 Å². The fourth-order valence-corrected chi connectivity index (χ4v) is 3.17. The zero-order valence-electron chi connectivity index (χ0n) is 15.5. The minimum atomic E-state index is -0.767. The van der Waals surface area contributed by atoms with Crippen molar-refractivity contribution >= 4 is 17.5 Å². The van der Waals surface area contributed by atoms with Gasteiger partial charge in [0.1, 0.15) is 11.6 Å². The Morgan fingerprint density at radius 1 is 1.10 bits per heavy atom. The number of anilines is 1. The summed E-state index contributed by atoms with van der Waals surface area (Å²) in [6, 6.07) is 11.4. The van der Waals surface area contributed by atoms with Gasteiger partial charge in [-0.15, -0.1) is 0 Å². The first-order chi connectivity index (χ1) is 14.1. The van der Waals surface area contributed by atoms with E-state index in [1.807, 2.05) is 12.1 Å². The number of amides is 2. The predicted molar refractivity (Wildman–Crippen MR) is 104 cm³/mol. The molecule has 2 heterocycles. The number of nitrogens with one attached hydrogen (secondary N) is 4. The van der Waals surface area contributed by atoms with Crippen molar-refractivity contribution in [1.29, 1.82) is 0 Å². The summed E-state index contributed by atoms with van der Waals surface area (Å²) in [6.07, 6.45) is 0.789. The standard InChI is InChI=1S/C20H19FN6O2/c21-14-6-4-12(5-7-14)18-25-17(26-27-18)11-23-19(28)20(29)24-16-3-1-2-13-10-22-9-8-15(13)16/h1-7,22H,8-11H2,(H,23,28)(H,24,29)(H,25,26,27). The molecule has 4 N–H and O–H groups in total. The van der Waals surface area contributed by atoms with Gasteiger partial charge in [-0.25, -0.2) is 9.37 Å². The lowest BCUT2D eigenvalue weighted by Crippen LogP contribution is -2.36. The molecule has 0 spiro atoms. The lowest BCUT2D eigenvalue weighted by Gasteiger charge is -2.20. The van der Waals surface area contributed by atoms with E-state index < -0.39 is 11.8 Å². The van der Waals surface area contributed by atoms with Crippen molar-refractivity contribution in [3.63, 3.8) is 0 Å². The van der Waals surface area contributed by atoms with Crippen molar-refractivity contribution in [2.24, 2.45) is 0 Å². The Kier molecular flexibility index (Phi) is 5.30. The van der Waals surface area contributed by atoms with E-state index in [0.29, 0.717) is 22.9 Å². The molecule has 29 heavy (non-hydrogen) atoms. The minimum Gasteiger partial charge on any atom is -0.341 e. The van der Waals surface area contributed by atoms with Crippen LogP contribution in [0.15, 0.2) is 42.5 Å². The van der Waals surface area contributed by atoms with Crippen LogP contribution in [-0.4, -0.2) is 33.5 Å². The molecule has 1 aliphatic rings. The lowest BCUT2D eigenvalue weighted by atomic mass is 9.99. The molecule has 0 bridgehead atoms. The van der Waals surface area contributed by atoms with E-state index >= 15 is 0 Å². The smallest absolute Gasteiger partial charge is 0.313 e. The maximum absolute atomic E-state index is 13.0. The van der Waals surface area contributed by atoms with E-state index in [-0.39, 0.29) is 12.4 Å². The number of fused-ring (bicyclic) bond motifs is 1. The van der Waals surface area contributed by atoms with E-state index in [9.17, 15) is 14.0 Å². The van der Waals surface area contributed by atoms with Crippen LogP contribution in [0.1, 0.15) is 17.0 Å². The minimum absolute atomic E-state index is 0.0112. The van der Waals surface area contributed by atoms with Crippen molar-refractivity contribution < 1.29 is 14.0 Å². The van der Waals surface area contributed by atoms with Crippen molar-refractivity contribution in [3.05, 3.63) is 65.2 Å². The monoisotopic (exact) mass is 394 g/mol. The summed E-state index contributed by atoms with van der Waals surface area (Å²) >= 11 is 0. The van der Waals surface area contributed by atoms with Crippen LogP contribution in [0.3, 0.4) is 0 Å². The molecule has 2 amide bonds. The number of halogens is 1. The van der Waals surface area contributed by atoms with Gasteiger partial charge in [0, 0.05) is 17.8 Å². The molecule has 0 aliphatic carbocycles. The summed E-state index contributed by atoms with van der Waals surface area (Å²) in [5.74, 6) is -1.10. The average Bonchev–Trinajstić information content (AvgIpc) is 3.22. The highest BCUT2D eigenvalue weighted by Gasteiger charge is 2.18. The van der Waals surface area contributed by atoms with Gasteiger partial charge in [-0.2, -0.15) is 5.10 Å². The van der Waals surface area contributed by atoms with Crippen LogP contribution >= 0.6 is 0 Å². The molecule has 2 aromatic carbocycles. The fraction of sp³-hybridized carbons (Fsp3) is 0.200. The molecule has 0 fully saturated rings. The van der Waals surface area contributed by atoms with Crippen molar-refractivity contribution in [2.45, 2.75) is 19.5 Å². The predicted octanol–water partition coefficient (Wildman–Crippen LogP) is 1.51. The Hall–Kier alpha value is -3.59. The van der Waals surface area contributed by atoms with Crippen LogP contribution in [0, 0.1) is 5.82 Å². The zero-order valence-corrected chi connectivity index (χ0v) is 15.5. The number of aromatic amines is 1. The van der Waals surface area contributed by atoms with Gasteiger partial charge in [0.15, 0.2) is 5.82 Å². The Morgan fingerprint density at radius 2 is 1.93 bits per heavy atom. The van der Waals surface area contributed by atoms with Gasteiger partial charge in [0.2, 0.25) is 0 Å². The second-order valence-electron chi connectivity index (χ2n) is 6.62. The number of carbonyl (C=O) groups excluding carboxylic acids is 2. The van der Waals surface area contributed by atoms with Crippen LogP contribution in [0.2, 0.25) is 0 Å². The van der Waals surface area contributed by atoms with E-state index in [2.05, 4.69) is 31.1 Å². The number of hydrogen-bond donors (Lipinski definition) is 4. The Labute approximate surface area is 165 Å². The number of hydrogen-bond acceptors (Lipinski definition) is 5. The molecule has 0 saturated heterocycles. The summed E-state index contributed by atoms with van der Waals surface area (Å²) < 4.78 is 13.0. The highest BCUT2D eigenvalue weighted by Crippen LogP contribution is 2.23. The highest BCUT2D eigenvalue weighted by atomic mass is 19.1. The van der Waals surface area contributed by atoms with Gasteiger partial charge in [-0.3, -0.25) is 14.7 Å². The molecule has 9 heteroatoms. The molecule has 148 valence electrons. The zero-order chi connectivity index (χ0) is 20.2. The van der Waals surface area contributed by atoms with Crippen LogP contribution in [0.25, 0.3) is 11.4 Å². The van der Waals surface area contributed by atoms with E-state index in [4.69, 9.17) is 0 Å². The number of aromatic nitrogens is 3. The number of carbonyl (C=O) groups is 2. The molecular formula is C20H19FN6O2. The average molecular weight is 394 g/mol. The second-order valence-corrected chi connectivity index (χ2v) is 6.62. The molecule has 0 saturated carbocycles. The van der Waals surface area contributed by atoms with Crippen LogP contribution in [-0.2, 0) is 29.1 Å². The third kappa shape index (κ3) is 4.30. The third-order valence-electron chi connectivity index (χ3n) is 4.65. The first kappa shape index (κ1) is 18.8. The van der Waals surface area contributed by atoms with Crippen LogP contribution in [0.5, 0.6) is 0 Å². The van der Waals surface area contributed by atoms with Crippen LogP contribution in [0.4, 0.5) is 10.1 Å². The first-order valence-electron chi connectivity index (χ1n) is 9.18. The molecule has 1 aliphatic heterocycles. The molecule has 3 aromatic rings. The number of H-pyrrole nitrogens is 1. The molecule has 8 nitrogen and oxygen atoms in total. The summed E-state index contributed by atoms with van der Waals surface area (Å²) in [6.45, 7) is 1.58. The molecule has 0 radical (unpaired) electrons. The largest absolute Gasteiger partial charge is 0.341 e. The van der Waals surface area contributed by atoms with Crippen LogP contribution < -0.4 is 16.0 Å². The quantitative estimate of drug-likeness (QED) is 0.501.